The van der Waals surface area contributed by atoms with E-state index in [-0.39, 0.29) is 5.56 Å². The average molecular weight is 257 g/mol. The van der Waals surface area contributed by atoms with Crippen LogP contribution in [0.25, 0.3) is 11.0 Å². The fourth-order valence-corrected chi connectivity index (χ4v) is 2.09. The monoisotopic (exact) mass is 257 g/mol. The van der Waals surface area contributed by atoms with Gasteiger partial charge in [-0.3, -0.25) is 0 Å². The van der Waals surface area contributed by atoms with Crippen molar-refractivity contribution in [2.24, 2.45) is 0 Å². The summed E-state index contributed by atoms with van der Waals surface area (Å²) in [4.78, 5) is 0. The highest BCUT2D eigenvalue weighted by Gasteiger charge is 2.43. The zero-order valence-electron chi connectivity index (χ0n) is 10.1. The summed E-state index contributed by atoms with van der Waals surface area (Å²) in [5.41, 5.74) is 0.692. The van der Waals surface area contributed by atoms with Crippen LogP contribution >= 0.6 is 0 Å². The predicted molar refractivity (Wildman–Crippen MR) is 63.5 cm³/mol. The number of alkyl halides is 3. The number of benzene rings is 1. The molecule has 2 atom stereocenters. The van der Waals surface area contributed by atoms with Crippen molar-refractivity contribution in [3.8, 4) is 0 Å². The van der Waals surface area contributed by atoms with Crippen molar-refractivity contribution in [1.29, 1.82) is 0 Å². The van der Waals surface area contributed by atoms with Crippen molar-refractivity contribution in [3.63, 3.8) is 0 Å². The van der Waals surface area contributed by atoms with Crippen LogP contribution < -0.4 is 5.32 Å². The fraction of sp³-hybridized carbons (Fsp3) is 0.385. The molecule has 5 heteroatoms. The van der Waals surface area contributed by atoms with Gasteiger partial charge >= 0.3 is 6.18 Å². The maximum absolute atomic E-state index is 13.1. The topological polar surface area (TPSA) is 25.2 Å². The summed E-state index contributed by atoms with van der Waals surface area (Å²) in [6.07, 6.45) is -2.82. The summed E-state index contributed by atoms with van der Waals surface area (Å²) in [5, 5.41) is 3.46. The van der Waals surface area contributed by atoms with Crippen LogP contribution in [0.3, 0.4) is 0 Å². The van der Waals surface area contributed by atoms with Crippen LogP contribution in [0.1, 0.15) is 18.4 Å². The SMILES string of the molecule is CNC(C)C(c1ccc2ccoc2c1)C(F)(F)F. The minimum atomic E-state index is -4.29. The molecule has 1 heterocycles. The van der Waals surface area contributed by atoms with Crippen molar-refractivity contribution in [2.75, 3.05) is 7.05 Å². The predicted octanol–water partition coefficient (Wildman–Crippen LogP) is 3.69. The Labute approximate surface area is 103 Å². The molecule has 0 fully saturated rings. The van der Waals surface area contributed by atoms with E-state index in [0.29, 0.717) is 5.58 Å². The normalized spacial score (nSPS) is 15.8. The lowest BCUT2D eigenvalue weighted by molar-refractivity contribution is -0.155. The molecular formula is C13H14F3NO. The number of hydrogen-bond donors (Lipinski definition) is 1. The van der Waals surface area contributed by atoms with Crippen LogP contribution in [0.15, 0.2) is 34.9 Å². The molecule has 2 nitrogen and oxygen atoms in total. The second-order valence-corrected chi connectivity index (χ2v) is 4.31. The van der Waals surface area contributed by atoms with Crippen molar-refractivity contribution < 1.29 is 17.6 Å². The number of hydrogen-bond acceptors (Lipinski definition) is 2. The van der Waals surface area contributed by atoms with Gasteiger partial charge < -0.3 is 9.73 Å². The third-order valence-electron chi connectivity index (χ3n) is 3.15. The Morgan fingerprint density at radius 1 is 1.22 bits per heavy atom. The molecule has 2 unspecified atom stereocenters. The Morgan fingerprint density at radius 3 is 2.56 bits per heavy atom. The van der Waals surface area contributed by atoms with E-state index >= 15 is 0 Å². The van der Waals surface area contributed by atoms with Crippen LogP contribution in [0, 0.1) is 0 Å². The lowest BCUT2D eigenvalue weighted by atomic mass is 9.91. The van der Waals surface area contributed by atoms with Gasteiger partial charge in [0.05, 0.1) is 12.2 Å². The second-order valence-electron chi connectivity index (χ2n) is 4.31. The van der Waals surface area contributed by atoms with E-state index in [9.17, 15) is 13.2 Å². The first-order valence-electron chi connectivity index (χ1n) is 5.64. The largest absolute Gasteiger partial charge is 0.464 e. The highest BCUT2D eigenvalue weighted by atomic mass is 19.4. The van der Waals surface area contributed by atoms with Gasteiger partial charge in [-0.25, -0.2) is 0 Å². The van der Waals surface area contributed by atoms with E-state index < -0.39 is 18.1 Å². The van der Waals surface area contributed by atoms with Crippen molar-refractivity contribution in [3.05, 3.63) is 36.1 Å². The molecule has 0 amide bonds. The van der Waals surface area contributed by atoms with Crippen molar-refractivity contribution in [1.82, 2.24) is 5.32 Å². The first-order chi connectivity index (χ1) is 8.43. The number of fused-ring (bicyclic) bond motifs is 1. The van der Waals surface area contributed by atoms with Gasteiger partial charge in [-0.1, -0.05) is 12.1 Å². The summed E-state index contributed by atoms with van der Waals surface area (Å²) < 4.78 is 44.4. The van der Waals surface area contributed by atoms with Gasteiger partial charge in [-0.2, -0.15) is 13.2 Å². The Kier molecular flexibility index (Phi) is 3.34. The van der Waals surface area contributed by atoms with Crippen molar-refractivity contribution >= 4 is 11.0 Å². The molecule has 0 saturated heterocycles. The van der Waals surface area contributed by atoms with Gasteiger partial charge in [-0.15, -0.1) is 0 Å². The first kappa shape index (κ1) is 13.0. The molecule has 0 saturated carbocycles. The van der Waals surface area contributed by atoms with Gasteiger partial charge in [0, 0.05) is 11.4 Å². The van der Waals surface area contributed by atoms with Gasteiger partial charge in [0.25, 0.3) is 0 Å². The van der Waals surface area contributed by atoms with Crippen molar-refractivity contribution in [2.45, 2.75) is 25.1 Å². The Hall–Kier alpha value is -1.49. The van der Waals surface area contributed by atoms with Gasteiger partial charge in [0.15, 0.2) is 0 Å². The highest BCUT2D eigenvalue weighted by molar-refractivity contribution is 5.77. The summed E-state index contributed by atoms with van der Waals surface area (Å²) in [5.74, 6) is -1.54. The van der Waals surface area contributed by atoms with E-state index in [1.807, 2.05) is 0 Å². The molecule has 0 aliphatic heterocycles. The minimum Gasteiger partial charge on any atom is -0.464 e. The van der Waals surface area contributed by atoms with E-state index in [0.717, 1.165) is 5.39 Å². The molecule has 98 valence electrons. The summed E-state index contributed by atoms with van der Waals surface area (Å²) >= 11 is 0. The Morgan fingerprint density at radius 2 is 1.94 bits per heavy atom. The molecule has 2 rings (SSSR count). The molecule has 0 radical (unpaired) electrons. The number of halogens is 3. The molecule has 0 aliphatic rings. The third-order valence-corrected chi connectivity index (χ3v) is 3.15. The van der Waals surface area contributed by atoms with E-state index in [2.05, 4.69) is 5.32 Å². The lowest BCUT2D eigenvalue weighted by Crippen LogP contribution is -2.37. The number of nitrogens with one attached hydrogen (secondary N) is 1. The molecule has 0 bridgehead atoms. The number of rotatable bonds is 3. The standard InChI is InChI=1S/C13H14F3NO/c1-8(17-2)12(13(14,15)16)10-4-3-9-5-6-18-11(9)7-10/h3-8,12,17H,1-2H3. The molecule has 18 heavy (non-hydrogen) atoms. The molecule has 0 aliphatic carbocycles. The molecule has 0 spiro atoms. The second kappa shape index (κ2) is 4.65. The zero-order chi connectivity index (χ0) is 13.3. The number of furan rings is 1. The fourth-order valence-electron chi connectivity index (χ4n) is 2.09. The third kappa shape index (κ3) is 2.36. The maximum Gasteiger partial charge on any atom is 0.397 e. The highest BCUT2D eigenvalue weighted by Crippen LogP contribution is 2.38. The quantitative estimate of drug-likeness (QED) is 0.907. The molecule has 1 N–H and O–H groups in total. The molecule has 1 aromatic heterocycles. The van der Waals surface area contributed by atoms with Crippen LogP contribution in [0.4, 0.5) is 13.2 Å². The van der Waals surface area contributed by atoms with E-state index in [1.165, 1.54) is 32.4 Å². The summed E-state index contributed by atoms with van der Waals surface area (Å²) in [6, 6.07) is 5.64. The maximum atomic E-state index is 13.1. The lowest BCUT2D eigenvalue weighted by Gasteiger charge is -2.26. The van der Waals surface area contributed by atoms with Crippen LogP contribution in [-0.2, 0) is 0 Å². The van der Waals surface area contributed by atoms with Gasteiger partial charge in [0.2, 0.25) is 0 Å². The van der Waals surface area contributed by atoms with Gasteiger partial charge in [0.1, 0.15) is 5.58 Å². The zero-order valence-corrected chi connectivity index (χ0v) is 10.1. The first-order valence-corrected chi connectivity index (χ1v) is 5.64. The van der Waals surface area contributed by atoms with E-state index in [4.69, 9.17) is 4.42 Å². The molecular weight excluding hydrogens is 243 g/mol. The van der Waals surface area contributed by atoms with Gasteiger partial charge in [-0.05, 0) is 31.7 Å². The van der Waals surface area contributed by atoms with Crippen LogP contribution in [-0.4, -0.2) is 19.3 Å². The summed E-state index contributed by atoms with van der Waals surface area (Å²) in [6.45, 7) is 1.52. The van der Waals surface area contributed by atoms with Crippen LogP contribution in [0.2, 0.25) is 0 Å². The van der Waals surface area contributed by atoms with Crippen LogP contribution in [0.5, 0.6) is 0 Å². The Balaban J connectivity index is 2.46. The average Bonchev–Trinajstić information content (AvgIpc) is 2.74. The molecule has 2 aromatic rings. The smallest absolute Gasteiger partial charge is 0.397 e. The Bertz CT molecular complexity index is 532. The number of likely N-dealkylation sites (N-methyl/N-ethyl adjacent to an activating group) is 1. The minimum absolute atomic E-state index is 0.215. The van der Waals surface area contributed by atoms with E-state index in [1.54, 1.807) is 12.1 Å². The molecule has 1 aromatic carbocycles. The summed E-state index contributed by atoms with van der Waals surface area (Å²) in [7, 11) is 1.52.